The lowest BCUT2D eigenvalue weighted by atomic mass is 10.1. The molecule has 1 saturated heterocycles. The predicted octanol–water partition coefficient (Wildman–Crippen LogP) is 0.702. The molecular formula is C19H25ClN4O4. The molecule has 1 aromatic rings. The minimum atomic E-state index is -0.903. The van der Waals surface area contributed by atoms with Gasteiger partial charge in [0.15, 0.2) is 0 Å². The van der Waals surface area contributed by atoms with Gasteiger partial charge in [0.25, 0.3) is 5.91 Å². The first-order chi connectivity index (χ1) is 13.5. The summed E-state index contributed by atoms with van der Waals surface area (Å²) in [6.45, 7) is 6.77. The Bertz CT molecular complexity index is 751. The van der Waals surface area contributed by atoms with Crippen LogP contribution in [0.4, 0.5) is 5.69 Å². The van der Waals surface area contributed by atoms with Crippen molar-refractivity contribution in [1.29, 1.82) is 0 Å². The average Bonchev–Trinajstić information content (AvgIpc) is 2.96. The highest BCUT2D eigenvalue weighted by atomic mass is 35.5. The van der Waals surface area contributed by atoms with Gasteiger partial charge in [0, 0.05) is 42.5 Å². The fourth-order valence-electron chi connectivity index (χ4n) is 3.48. The maximum absolute atomic E-state index is 12.6. The third-order valence-electron chi connectivity index (χ3n) is 4.94. The summed E-state index contributed by atoms with van der Waals surface area (Å²) in [5, 5.41) is 5.62. The van der Waals surface area contributed by atoms with Crippen LogP contribution < -0.4 is 15.5 Å². The number of nitrogens with one attached hydrogen (secondary N) is 2. The zero-order chi connectivity index (χ0) is 20.1. The number of rotatable bonds is 6. The highest BCUT2D eigenvalue weighted by Crippen LogP contribution is 2.37. The number of hydrogen-bond acceptors (Lipinski definition) is 5. The molecule has 0 saturated carbocycles. The Labute approximate surface area is 169 Å². The van der Waals surface area contributed by atoms with Crippen molar-refractivity contribution in [3.63, 3.8) is 0 Å². The lowest BCUT2D eigenvalue weighted by molar-refractivity contribution is -0.140. The van der Waals surface area contributed by atoms with E-state index >= 15 is 0 Å². The number of fused-ring (bicyclic) bond motifs is 1. The molecule has 2 heterocycles. The maximum Gasteiger partial charge on any atom is 0.310 e. The molecule has 8 nitrogen and oxygen atoms in total. The highest BCUT2D eigenvalue weighted by Gasteiger charge is 2.38. The van der Waals surface area contributed by atoms with Crippen LogP contribution in [0.25, 0.3) is 0 Å². The number of nitrogens with zero attached hydrogens (tertiary/aromatic N) is 2. The van der Waals surface area contributed by atoms with E-state index in [9.17, 15) is 14.4 Å². The third-order valence-corrected chi connectivity index (χ3v) is 5.18. The molecule has 0 spiro atoms. The van der Waals surface area contributed by atoms with Gasteiger partial charge in [0.2, 0.25) is 0 Å². The average molecular weight is 409 g/mol. The summed E-state index contributed by atoms with van der Waals surface area (Å²) < 4.78 is 5.29. The number of morpholine rings is 1. The molecule has 1 fully saturated rings. The van der Waals surface area contributed by atoms with Crippen molar-refractivity contribution in [2.75, 3.05) is 50.8 Å². The lowest BCUT2D eigenvalue weighted by Gasteiger charge is -2.26. The monoisotopic (exact) mass is 408 g/mol. The largest absolute Gasteiger partial charge is 0.379 e. The summed E-state index contributed by atoms with van der Waals surface area (Å²) in [6, 6.07) is 4.19. The number of halogens is 1. The molecule has 3 amide bonds. The molecule has 0 aliphatic carbocycles. The molecule has 0 bridgehead atoms. The van der Waals surface area contributed by atoms with Crippen molar-refractivity contribution < 1.29 is 19.1 Å². The zero-order valence-electron chi connectivity index (χ0n) is 15.9. The first-order valence-corrected chi connectivity index (χ1v) is 9.88. The first kappa shape index (κ1) is 20.6. The van der Waals surface area contributed by atoms with Gasteiger partial charge in [0.1, 0.15) is 6.04 Å². The van der Waals surface area contributed by atoms with Crippen molar-refractivity contribution >= 4 is 35.0 Å². The van der Waals surface area contributed by atoms with Crippen molar-refractivity contribution in [2.24, 2.45) is 0 Å². The molecule has 0 unspecified atom stereocenters. The van der Waals surface area contributed by atoms with E-state index in [1.54, 1.807) is 23.1 Å². The van der Waals surface area contributed by atoms with E-state index in [0.29, 0.717) is 29.4 Å². The van der Waals surface area contributed by atoms with Crippen LogP contribution in [0.2, 0.25) is 5.02 Å². The van der Waals surface area contributed by atoms with Gasteiger partial charge >= 0.3 is 11.8 Å². The van der Waals surface area contributed by atoms with Gasteiger partial charge in [0.05, 0.1) is 13.2 Å². The van der Waals surface area contributed by atoms with E-state index in [4.69, 9.17) is 16.3 Å². The third kappa shape index (κ3) is 4.63. The summed E-state index contributed by atoms with van der Waals surface area (Å²) in [7, 11) is 0. The molecular weight excluding hydrogens is 384 g/mol. The molecule has 1 aromatic carbocycles. The van der Waals surface area contributed by atoms with Crippen molar-refractivity contribution in [1.82, 2.24) is 15.5 Å². The smallest absolute Gasteiger partial charge is 0.310 e. The summed E-state index contributed by atoms with van der Waals surface area (Å²) in [5.41, 5.74) is 1.31. The van der Waals surface area contributed by atoms with Crippen LogP contribution in [0.5, 0.6) is 0 Å². The summed E-state index contributed by atoms with van der Waals surface area (Å²) in [6.07, 6.45) is 0.740. The number of carbonyl (C=O) groups is 3. The first-order valence-electron chi connectivity index (χ1n) is 9.51. The number of ether oxygens (including phenoxy) is 1. The van der Waals surface area contributed by atoms with E-state index in [2.05, 4.69) is 15.5 Å². The summed E-state index contributed by atoms with van der Waals surface area (Å²) in [5.74, 6) is -1.84. The quantitative estimate of drug-likeness (QED) is 0.534. The Morgan fingerprint density at radius 2 is 2.00 bits per heavy atom. The summed E-state index contributed by atoms with van der Waals surface area (Å²) >= 11 is 6.04. The number of amides is 3. The number of hydrogen-bond donors (Lipinski definition) is 2. The number of benzene rings is 1. The van der Waals surface area contributed by atoms with E-state index in [-0.39, 0.29) is 5.91 Å². The molecule has 2 N–H and O–H groups in total. The molecule has 1 atom stereocenters. The molecule has 3 rings (SSSR count). The van der Waals surface area contributed by atoms with E-state index in [1.807, 2.05) is 6.92 Å². The molecule has 0 radical (unpaired) electrons. The van der Waals surface area contributed by atoms with Crippen LogP contribution in [0, 0.1) is 0 Å². The predicted molar refractivity (Wildman–Crippen MR) is 105 cm³/mol. The fourth-order valence-corrected chi connectivity index (χ4v) is 3.66. The molecule has 9 heteroatoms. The van der Waals surface area contributed by atoms with E-state index in [1.165, 1.54) is 0 Å². The molecule has 0 aromatic heterocycles. The van der Waals surface area contributed by atoms with Gasteiger partial charge in [-0.1, -0.05) is 11.6 Å². The molecule has 2 aliphatic rings. The van der Waals surface area contributed by atoms with Crippen molar-refractivity contribution in [3.05, 3.63) is 28.8 Å². The van der Waals surface area contributed by atoms with Crippen molar-refractivity contribution in [2.45, 2.75) is 19.4 Å². The van der Waals surface area contributed by atoms with Gasteiger partial charge in [-0.3, -0.25) is 19.3 Å². The minimum absolute atomic E-state index is 0.270. The zero-order valence-corrected chi connectivity index (χ0v) is 16.6. The number of likely N-dealkylation sites (N-methyl/N-ethyl adjacent to an activating group) is 1. The Morgan fingerprint density at radius 1 is 1.25 bits per heavy atom. The number of carbonyl (C=O) groups excluding carboxylic acids is 3. The standard InChI is InChI=1S/C19H25ClN4O4/c1-2-24-15-5-4-13(20)12-14(15)16(19(24)27)22-18(26)17(25)21-6-3-7-23-8-10-28-11-9-23/h4-5,12,16H,2-3,6-11H2,1H3,(H,21,25)(H,22,26)/t16-/m1/s1. The Morgan fingerprint density at radius 3 is 2.71 bits per heavy atom. The molecule has 28 heavy (non-hydrogen) atoms. The van der Waals surface area contributed by atoms with E-state index < -0.39 is 17.9 Å². The lowest BCUT2D eigenvalue weighted by Crippen LogP contribution is -2.45. The van der Waals surface area contributed by atoms with Crippen LogP contribution in [-0.4, -0.2) is 68.6 Å². The SMILES string of the molecule is CCN1C(=O)[C@H](NC(=O)C(=O)NCCCN2CCOCC2)c2cc(Cl)ccc21. The van der Waals surface area contributed by atoms with Gasteiger partial charge in [-0.2, -0.15) is 0 Å². The van der Waals surface area contributed by atoms with Crippen LogP contribution >= 0.6 is 11.6 Å². The number of anilines is 1. The highest BCUT2D eigenvalue weighted by molar-refractivity contribution is 6.35. The maximum atomic E-state index is 12.6. The van der Waals surface area contributed by atoms with Crippen LogP contribution in [-0.2, 0) is 19.1 Å². The second kappa shape index (κ2) is 9.36. The minimum Gasteiger partial charge on any atom is -0.379 e. The molecule has 152 valence electrons. The van der Waals surface area contributed by atoms with Crippen LogP contribution in [0.3, 0.4) is 0 Å². The van der Waals surface area contributed by atoms with E-state index in [0.717, 1.165) is 39.3 Å². The second-order valence-corrected chi connectivity index (χ2v) is 7.19. The Balaban J connectivity index is 1.51. The Hall–Kier alpha value is -2.16. The molecule has 2 aliphatic heterocycles. The Kier molecular flexibility index (Phi) is 6.88. The van der Waals surface area contributed by atoms with Gasteiger partial charge in [-0.25, -0.2) is 0 Å². The van der Waals surface area contributed by atoms with Crippen molar-refractivity contribution in [3.8, 4) is 0 Å². The second-order valence-electron chi connectivity index (χ2n) is 6.76. The van der Waals surface area contributed by atoms with Gasteiger partial charge < -0.3 is 20.3 Å². The van der Waals surface area contributed by atoms with Gasteiger partial charge in [-0.15, -0.1) is 0 Å². The fraction of sp³-hybridized carbons (Fsp3) is 0.526. The normalized spacial score (nSPS) is 19.4. The summed E-state index contributed by atoms with van der Waals surface area (Å²) in [4.78, 5) is 40.8. The van der Waals surface area contributed by atoms with Crippen LogP contribution in [0.15, 0.2) is 18.2 Å². The topological polar surface area (TPSA) is 91.0 Å². The van der Waals surface area contributed by atoms with Crippen LogP contribution in [0.1, 0.15) is 24.9 Å². The van der Waals surface area contributed by atoms with Gasteiger partial charge in [-0.05, 0) is 38.1 Å².